The van der Waals surface area contributed by atoms with Gasteiger partial charge in [0.15, 0.2) is 5.78 Å². The van der Waals surface area contributed by atoms with E-state index in [4.69, 9.17) is 5.73 Å². The summed E-state index contributed by atoms with van der Waals surface area (Å²) in [6.07, 6.45) is 1.99. The lowest BCUT2D eigenvalue weighted by Gasteiger charge is -1.93. The standard InChI is InChI=1S/C13H12N2OS/c14-12-11(10(16)8-6-7-8)17-13(15-12)9-4-2-1-3-5-9/h1-5,8H,6-7,14H2. The van der Waals surface area contributed by atoms with Crippen LogP contribution in [-0.2, 0) is 0 Å². The van der Waals surface area contributed by atoms with Gasteiger partial charge in [0.05, 0.1) is 0 Å². The van der Waals surface area contributed by atoms with Gasteiger partial charge in [-0.3, -0.25) is 4.79 Å². The van der Waals surface area contributed by atoms with Crippen molar-refractivity contribution in [2.24, 2.45) is 5.92 Å². The van der Waals surface area contributed by atoms with Crippen molar-refractivity contribution in [3.63, 3.8) is 0 Å². The highest BCUT2D eigenvalue weighted by Gasteiger charge is 2.33. The molecule has 0 unspecified atom stereocenters. The third-order valence-corrected chi connectivity index (χ3v) is 3.98. The summed E-state index contributed by atoms with van der Waals surface area (Å²) in [4.78, 5) is 16.9. The van der Waals surface area contributed by atoms with E-state index in [1.807, 2.05) is 30.3 Å². The smallest absolute Gasteiger partial charge is 0.179 e. The Kier molecular flexibility index (Phi) is 2.44. The Morgan fingerprint density at radius 3 is 2.65 bits per heavy atom. The molecule has 4 heteroatoms. The molecule has 86 valence electrons. The first-order chi connectivity index (χ1) is 8.25. The average molecular weight is 244 g/mol. The number of hydrogen-bond donors (Lipinski definition) is 1. The van der Waals surface area contributed by atoms with E-state index in [1.54, 1.807) is 0 Å². The summed E-state index contributed by atoms with van der Waals surface area (Å²) in [5, 5.41) is 0.826. The Bertz CT molecular complexity index is 558. The lowest BCUT2D eigenvalue weighted by atomic mass is 10.2. The van der Waals surface area contributed by atoms with Gasteiger partial charge < -0.3 is 5.73 Å². The van der Waals surface area contributed by atoms with Gasteiger partial charge >= 0.3 is 0 Å². The Labute approximate surface area is 103 Å². The van der Waals surface area contributed by atoms with Gasteiger partial charge in [0.2, 0.25) is 0 Å². The zero-order chi connectivity index (χ0) is 11.8. The summed E-state index contributed by atoms with van der Waals surface area (Å²) >= 11 is 1.40. The minimum absolute atomic E-state index is 0.169. The minimum Gasteiger partial charge on any atom is -0.382 e. The number of ketones is 1. The highest BCUT2D eigenvalue weighted by molar-refractivity contribution is 7.17. The SMILES string of the molecule is Nc1nc(-c2ccccc2)sc1C(=O)C1CC1. The van der Waals surface area contributed by atoms with Gasteiger partial charge in [-0.1, -0.05) is 30.3 Å². The van der Waals surface area contributed by atoms with Crippen LogP contribution in [0.1, 0.15) is 22.5 Å². The maximum absolute atomic E-state index is 12.0. The maximum atomic E-state index is 12.0. The molecule has 1 aromatic carbocycles. The molecule has 3 nitrogen and oxygen atoms in total. The highest BCUT2D eigenvalue weighted by Crippen LogP contribution is 2.38. The second kappa shape index (κ2) is 3.96. The maximum Gasteiger partial charge on any atom is 0.179 e. The molecule has 1 heterocycles. The molecule has 0 atom stereocenters. The number of thiazole rings is 1. The Morgan fingerprint density at radius 2 is 2.00 bits per heavy atom. The zero-order valence-corrected chi connectivity index (χ0v) is 10.0. The number of aromatic nitrogens is 1. The summed E-state index contributed by atoms with van der Waals surface area (Å²) in [5.74, 6) is 0.745. The molecule has 0 bridgehead atoms. The number of hydrogen-bond acceptors (Lipinski definition) is 4. The topological polar surface area (TPSA) is 56.0 Å². The molecule has 1 aromatic heterocycles. The first kappa shape index (κ1) is 10.5. The van der Waals surface area contributed by atoms with Gasteiger partial charge in [-0.2, -0.15) is 0 Å². The molecule has 17 heavy (non-hydrogen) atoms. The average Bonchev–Trinajstić information content (AvgIpc) is 3.13. The van der Waals surface area contributed by atoms with Crippen molar-refractivity contribution in [2.75, 3.05) is 5.73 Å². The number of nitrogen functional groups attached to an aromatic ring is 1. The quantitative estimate of drug-likeness (QED) is 0.844. The fourth-order valence-corrected chi connectivity index (χ4v) is 2.75. The molecule has 0 spiro atoms. The van der Waals surface area contributed by atoms with E-state index < -0.39 is 0 Å². The van der Waals surface area contributed by atoms with Crippen LogP contribution >= 0.6 is 11.3 Å². The number of rotatable bonds is 3. The lowest BCUT2D eigenvalue weighted by molar-refractivity contribution is 0.0972. The van der Waals surface area contributed by atoms with Crippen molar-refractivity contribution in [3.8, 4) is 10.6 Å². The van der Waals surface area contributed by atoms with E-state index in [0.717, 1.165) is 23.4 Å². The fourth-order valence-electron chi connectivity index (χ4n) is 1.74. The second-order valence-electron chi connectivity index (χ2n) is 4.24. The van der Waals surface area contributed by atoms with Gasteiger partial charge in [0, 0.05) is 11.5 Å². The molecule has 1 aliphatic carbocycles. The van der Waals surface area contributed by atoms with E-state index in [-0.39, 0.29) is 11.7 Å². The predicted octanol–water partition coefficient (Wildman–Crippen LogP) is 2.99. The Morgan fingerprint density at radius 1 is 1.29 bits per heavy atom. The van der Waals surface area contributed by atoms with Crippen molar-refractivity contribution < 1.29 is 4.79 Å². The zero-order valence-electron chi connectivity index (χ0n) is 9.22. The number of Topliss-reactive ketones (excluding diaryl/α,β-unsaturated/α-hetero) is 1. The largest absolute Gasteiger partial charge is 0.382 e. The minimum atomic E-state index is 0.169. The molecule has 0 amide bonds. The first-order valence-electron chi connectivity index (χ1n) is 5.61. The van der Waals surface area contributed by atoms with E-state index in [2.05, 4.69) is 4.98 Å². The summed E-state index contributed by atoms with van der Waals surface area (Å²) in [6.45, 7) is 0. The van der Waals surface area contributed by atoms with Crippen LogP contribution in [0.4, 0.5) is 5.82 Å². The summed E-state index contributed by atoms with van der Waals surface area (Å²) in [7, 11) is 0. The molecule has 0 aliphatic heterocycles. The Balaban J connectivity index is 1.98. The molecule has 1 aliphatic rings. The van der Waals surface area contributed by atoms with E-state index in [9.17, 15) is 4.79 Å². The molecule has 1 fully saturated rings. The third kappa shape index (κ3) is 1.96. The van der Waals surface area contributed by atoms with Crippen LogP contribution < -0.4 is 5.73 Å². The van der Waals surface area contributed by atoms with Crippen molar-refractivity contribution in [3.05, 3.63) is 35.2 Å². The Hall–Kier alpha value is -1.68. The van der Waals surface area contributed by atoms with Crippen LogP contribution in [-0.4, -0.2) is 10.8 Å². The van der Waals surface area contributed by atoms with E-state index in [0.29, 0.717) is 10.7 Å². The summed E-state index contributed by atoms with van der Waals surface area (Å²) in [5.41, 5.74) is 6.84. The molecule has 2 aromatic rings. The van der Waals surface area contributed by atoms with Crippen LogP contribution in [0.3, 0.4) is 0 Å². The van der Waals surface area contributed by atoms with Gasteiger partial charge in [-0.25, -0.2) is 4.98 Å². The molecule has 3 rings (SSSR count). The van der Waals surface area contributed by atoms with E-state index in [1.165, 1.54) is 11.3 Å². The third-order valence-electron chi connectivity index (χ3n) is 2.85. The number of anilines is 1. The fraction of sp³-hybridized carbons (Fsp3) is 0.231. The monoisotopic (exact) mass is 244 g/mol. The van der Waals surface area contributed by atoms with Crippen LogP contribution in [0.25, 0.3) is 10.6 Å². The predicted molar refractivity (Wildman–Crippen MR) is 69.0 cm³/mol. The van der Waals surface area contributed by atoms with Crippen LogP contribution in [0.15, 0.2) is 30.3 Å². The number of carbonyl (C=O) groups is 1. The first-order valence-corrected chi connectivity index (χ1v) is 6.43. The number of benzene rings is 1. The van der Waals surface area contributed by atoms with Gasteiger partial charge in [0.25, 0.3) is 0 Å². The van der Waals surface area contributed by atoms with E-state index >= 15 is 0 Å². The summed E-state index contributed by atoms with van der Waals surface area (Å²) in [6, 6.07) is 9.81. The molecular weight excluding hydrogens is 232 g/mol. The van der Waals surface area contributed by atoms with Gasteiger partial charge in [-0.15, -0.1) is 11.3 Å². The van der Waals surface area contributed by atoms with Crippen LogP contribution in [0, 0.1) is 5.92 Å². The van der Waals surface area contributed by atoms with Crippen LogP contribution in [0.5, 0.6) is 0 Å². The molecule has 2 N–H and O–H groups in total. The number of nitrogens with zero attached hydrogens (tertiary/aromatic N) is 1. The highest BCUT2D eigenvalue weighted by atomic mass is 32.1. The molecule has 1 saturated carbocycles. The lowest BCUT2D eigenvalue weighted by Crippen LogP contribution is -2.02. The van der Waals surface area contributed by atoms with Gasteiger partial charge in [0.1, 0.15) is 15.7 Å². The number of carbonyl (C=O) groups excluding carboxylic acids is 1. The molecule has 0 saturated heterocycles. The van der Waals surface area contributed by atoms with Crippen LogP contribution in [0.2, 0.25) is 0 Å². The normalized spacial score (nSPS) is 14.8. The van der Waals surface area contributed by atoms with Crippen molar-refractivity contribution in [1.82, 2.24) is 4.98 Å². The molecule has 0 radical (unpaired) electrons. The van der Waals surface area contributed by atoms with Crippen molar-refractivity contribution in [1.29, 1.82) is 0 Å². The number of nitrogens with two attached hydrogens (primary N) is 1. The van der Waals surface area contributed by atoms with Crippen molar-refractivity contribution >= 4 is 22.9 Å². The second-order valence-corrected chi connectivity index (χ2v) is 5.24. The van der Waals surface area contributed by atoms with Gasteiger partial charge in [-0.05, 0) is 12.8 Å². The molecular formula is C13H12N2OS. The summed E-state index contributed by atoms with van der Waals surface area (Å²) < 4.78 is 0. The van der Waals surface area contributed by atoms with Crippen molar-refractivity contribution in [2.45, 2.75) is 12.8 Å².